The number of ketones is 1. The number of anilines is 2. The van der Waals surface area contributed by atoms with Crippen LogP contribution >= 0.6 is 0 Å². The summed E-state index contributed by atoms with van der Waals surface area (Å²) in [5.41, 5.74) is 8.96. The molecule has 34 heavy (non-hydrogen) atoms. The van der Waals surface area contributed by atoms with Crippen LogP contribution in [0.2, 0.25) is 0 Å². The van der Waals surface area contributed by atoms with Crippen LogP contribution < -0.4 is 21.1 Å². The molecule has 0 aliphatic carbocycles. The maximum atomic E-state index is 13.4. The summed E-state index contributed by atoms with van der Waals surface area (Å²) in [7, 11) is 1.60. The molecule has 2 heterocycles. The minimum Gasteiger partial charge on any atom is -0.497 e. The number of fused-ring (bicyclic) bond motifs is 1. The third-order valence-electron chi connectivity index (χ3n) is 5.43. The molecule has 0 saturated heterocycles. The zero-order valence-electron chi connectivity index (χ0n) is 19.2. The molecule has 4 aromatic rings. The van der Waals surface area contributed by atoms with Crippen LogP contribution in [0, 0.1) is 0 Å². The molecule has 9 heteroatoms. The van der Waals surface area contributed by atoms with Gasteiger partial charge in [-0.05, 0) is 43.7 Å². The third-order valence-corrected chi connectivity index (χ3v) is 5.43. The minimum atomic E-state index is -0.380. The number of hydrogen-bond donors (Lipinski definition) is 3. The summed E-state index contributed by atoms with van der Waals surface area (Å²) in [4.78, 5) is 34.2. The molecule has 174 valence electrons. The summed E-state index contributed by atoms with van der Waals surface area (Å²) in [5.74, 6) is 0.771. The second-order valence-electron chi connectivity index (χ2n) is 8.07. The number of amides is 2. The van der Waals surface area contributed by atoms with Gasteiger partial charge in [0.25, 0.3) is 0 Å². The van der Waals surface area contributed by atoms with Crippen molar-refractivity contribution in [2.24, 2.45) is 0 Å². The first kappa shape index (κ1) is 22.8. The van der Waals surface area contributed by atoms with E-state index in [9.17, 15) is 9.59 Å². The van der Waals surface area contributed by atoms with Crippen molar-refractivity contribution >= 4 is 34.4 Å². The molecule has 0 unspecified atom stereocenters. The molecule has 4 N–H and O–H groups in total. The van der Waals surface area contributed by atoms with E-state index in [0.717, 1.165) is 11.3 Å². The molecule has 0 spiro atoms. The molecule has 4 rings (SSSR count). The van der Waals surface area contributed by atoms with Crippen molar-refractivity contribution in [3.63, 3.8) is 0 Å². The largest absolute Gasteiger partial charge is 0.497 e. The lowest BCUT2D eigenvalue weighted by molar-refractivity contribution is 0.104. The average Bonchev–Trinajstić information content (AvgIpc) is 3.24. The number of urea groups is 1. The van der Waals surface area contributed by atoms with Crippen molar-refractivity contribution < 1.29 is 14.3 Å². The number of nitrogen functional groups attached to an aromatic ring is 1. The standard InChI is InChI=1S/C25H26N6O3/c1-15(2)31-13-20(21-23(26)28-14-29-24(21)31)22(32)17-5-4-6-18(11-17)30-25(33)27-12-16-7-9-19(34-3)10-8-16/h4-11,13-15H,12H2,1-3H3,(H2,26,28,29)(H2,27,30,33). The molecular weight excluding hydrogens is 432 g/mol. The van der Waals surface area contributed by atoms with Crippen molar-refractivity contribution in [1.82, 2.24) is 19.9 Å². The fourth-order valence-electron chi connectivity index (χ4n) is 3.67. The Hall–Kier alpha value is -4.40. The van der Waals surface area contributed by atoms with E-state index < -0.39 is 0 Å². The summed E-state index contributed by atoms with van der Waals surface area (Å²) < 4.78 is 7.03. The van der Waals surface area contributed by atoms with Crippen LogP contribution in [0.4, 0.5) is 16.3 Å². The third kappa shape index (κ3) is 4.68. The van der Waals surface area contributed by atoms with Crippen LogP contribution in [0.1, 0.15) is 41.4 Å². The van der Waals surface area contributed by atoms with Crippen molar-refractivity contribution in [2.45, 2.75) is 26.4 Å². The molecular formula is C25H26N6O3. The first-order chi connectivity index (χ1) is 16.4. The number of methoxy groups -OCH3 is 1. The van der Waals surface area contributed by atoms with Crippen LogP contribution in [0.5, 0.6) is 5.75 Å². The molecule has 0 bridgehead atoms. The van der Waals surface area contributed by atoms with Gasteiger partial charge < -0.3 is 25.7 Å². The van der Waals surface area contributed by atoms with Crippen LogP contribution in [-0.4, -0.2) is 33.5 Å². The predicted octanol–water partition coefficient (Wildman–Crippen LogP) is 4.16. The highest BCUT2D eigenvalue weighted by Gasteiger charge is 2.21. The first-order valence-electron chi connectivity index (χ1n) is 10.8. The van der Waals surface area contributed by atoms with Gasteiger partial charge in [-0.1, -0.05) is 24.3 Å². The van der Waals surface area contributed by atoms with E-state index in [1.807, 2.05) is 42.7 Å². The smallest absolute Gasteiger partial charge is 0.319 e. The number of nitrogens with one attached hydrogen (secondary N) is 2. The molecule has 0 aliphatic heterocycles. The van der Waals surface area contributed by atoms with E-state index in [-0.39, 0.29) is 23.7 Å². The van der Waals surface area contributed by atoms with Crippen LogP contribution in [0.25, 0.3) is 11.0 Å². The van der Waals surface area contributed by atoms with Gasteiger partial charge in [0.2, 0.25) is 0 Å². The van der Waals surface area contributed by atoms with Gasteiger partial charge >= 0.3 is 6.03 Å². The van der Waals surface area contributed by atoms with Gasteiger partial charge in [0.05, 0.1) is 18.1 Å². The van der Waals surface area contributed by atoms with Gasteiger partial charge in [-0.25, -0.2) is 14.8 Å². The first-order valence-corrected chi connectivity index (χ1v) is 10.8. The predicted molar refractivity (Wildman–Crippen MR) is 131 cm³/mol. The van der Waals surface area contributed by atoms with E-state index in [1.54, 1.807) is 37.6 Å². The summed E-state index contributed by atoms with van der Waals surface area (Å²) in [6.07, 6.45) is 3.14. The summed E-state index contributed by atoms with van der Waals surface area (Å²) in [6.45, 7) is 4.35. The van der Waals surface area contributed by atoms with E-state index in [0.29, 0.717) is 34.4 Å². The second kappa shape index (κ2) is 9.62. The normalized spacial score (nSPS) is 10.9. The molecule has 0 fully saturated rings. The minimum absolute atomic E-state index is 0.0840. The van der Waals surface area contributed by atoms with Crippen molar-refractivity contribution in [2.75, 3.05) is 18.2 Å². The lowest BCUT2D eigenvalue weighted by Gasteiger charge is -2.09. The molecule has 2 aromatic carbocycles. The maximum absolute atomic E-state index is 13.4. The van der Waals surface area contributed by atoms with Crippen LogP contribution in [0.3, 0.4) is 0 Å². The van der Waals surface area contributed by atoms with Crippen LogP contribution in [-0.2, 0) is 6.54 Å². The van der Waals surface area contributed by atoms with Crippen LogP contribution in [0.15, 0.2) is 61.1 Å². The fraction of sp³-hybridized carbons (Fsp3) is 0.200. The monoisotopic (exact) mass is 458 g/mol. The number of rotatable bonds is 7. The Balaban J connectivity index is 1.51. The Morgan fingerprint density at radius 2 is 1.88 bits per heavy atom. The van der Waals surface area contributed by atoms with Gasteiger partial charge in [0, 0.05) is 30.0 Å². The highest BCUT2D eigenvalue weighted by Crippen LogP contribution is 2.29. The fourth-order valence-corrected chi connectivity index (χ4v) is 3.67. The zero-order valence-corrected chi connectivity index (χ0v) is 19.2. The number of hydrogen-bond acceptors (Lipinski definition) is 6. The Morgan fingerprint density at radius 3 is 2.59 bits per heavy atom. The SMILES string of the molecule is COc1ccc(CNC(=O)Nc2cccc(C(=O)c3cn(C(C)C)c4ncnc(N)c34)c2)cc1. The molecule has 9 nitrogen and oxygen atoms in total. The topological polar surface area (TPSA) is 124 Å². The molecule has 2 amide bonds. The second-order valence-corrected chi connectivity index (χ2v) is 8.07. The summed E-state index contributed by atoms with van der Waals surface area (Å²) in [6, 6.07) is 13.9. The van der Waals surface area contributed by atoms with Gasteiger partial charge in [-0.15, -0.1) is 0 Å². The molecule has 0 saturated carbocycles. The van der Waals surface area contributed by atoms with Crippen molar-refractivity contribution in [3.8, 4) is 5.75 Å². The lowest BCUT2D eigenvalue weighted by Crippen LogP contribution is -2.28. The highest BCUT2D eigenvalue weighted by atomic mass is 16.5. The van der Waals surface area contributed by atoms with Crippen molar-refractivity contribution in [3.05, 3.63) is 77.7 Å². The van der Waals surface area contributed by atoms with Gasteiger partial charge in [-0.3, -0.25) is 4.79 Å². The Kier molecular flexibility index (Phi) is 6.44. The molecule has 0 atom stereocenters. The number of aromatic nitrogens is 3. The Labute approximate surface area is 197 Å². The summed E-state index contributed by atoms with van der Waals surface area (Å²) >= 11 is 0. The van der Waals surface area contributed by atoms with Gasteiger partial charge in [-0.2, -0.15) is 0 Å². The quantitative estimate of drug-likeness (QED) is 0.357. The number of carbonyl (C=O) groups excluding carboxylic acids is 2. The van der Waals surface area contributed by atoms with E-state index in [2.05, 4.69) is 20.6 Å². The number of ether oxygens (including phenoxy) is 1. The number of benzene rings is 2. The molecule has 2 aromatic heterocycles. The Bertz CT molecular complexity index is 1340. The highest BCUT2D eigenvalue weighted by molar-refractivity contribution is 6.18. The van der Waals surface area contributed by atoms with Gasteiger partial charge in [0.1, 0.15) is 23.5 Å². The number of nitrogens with zero attached hydrogens (tertiary/aromatic N) is 3. The van der Waals surface area contributed by atoms with E-state index in [1.165, 1.54) is 6.33 Å². The van der Waals surface area contributed by atoms with Gasteiger partial charge in [0.15, 0.2) is 5.78 Å². The van der Waals surface area contributed by atoms with Crippen molar-refractivity contribution in [1.29, 1.82) is 0 Å². The zero-order chi connectivity index (χ0) is 24.2. The summed E-state index contributed by atoms with van der Waals surface area (Å²) in [5, 5.41) is 6.10. The maximum Gasteiger partial charge on any atom is 0.319 e. The number of nitrogens with two attached hydrogens (primary N) is 1. The lowest BCUT2D eigenvalue weighted by atomic mass is 10.0. The molecule has 0 radical (unpaired) electrons. The average molecular weight is 459 g/mol. The Morgan fingerprint density at radius 1 is 1.12 bits per heavy atom. The van der Waals surface area contributed by atoms with E-state index in [4.69, 9.17) is 10.5 Å². The van der Waals surface area contributed by atoms with E-state index >= 15 is 0 Å². The molecule has 0 aliphatic rings. The number of carbonyl (C=O) groups is 2.